The second-order valence-corrected chi connectivity index (χ2v) is 6.40. The van der Waals surface area contributed by atoms with Gasteiger partial charge in [-0.05, 0) is 42.5 Å². The maximum absolute atomic E-state index is 12.8. The van der Waals surface area contributed by atoms with E-state index >= 15 is 0 Å². The SMILES string of the molecule is O=C(Nc1ccc(Cl)cc1)N1CCN(c2cccc(C(F)(F)F)c2)CC1. The Morgan fingerprint density at radius 2 is 1.65 bits per heavy atom. The van der Waals surface area contributed by atoms with Crippen molar-refractivity contribution in [2.45, 2.75) is 6.18 Å². The third-order valence-corrected chi connectivity index (χ3v) is 4.45. The van der Waals surface area contributed by atoms with E-state index in [1.807, 2.05) is 4.90 Å². The molecule has 1 heterocycles. The molecule has 2 aromatic rings. The first-order valence-corrected chi connectivity index (χ1v) is 8.44. The first-order valence-electron chi connectivity index (χ1n) is 8.06. The summed E-state index contributed by atoms with van der Waals surface area (Å²) in [6.45, 7) is 1.79. The predicted octanol–water partition coefficient (Wildman–Crippen LogP) is 4.71. The molecule has 0 spiro atoms. The highest BCUT2D eigenvalue weighted by molar-refractivity contribution is 6.30. The van der Waals surface area contributed by atoms with Gasteiger partial charge in [-0.25, -0.2) is 4.79 Å². The quantitative estimate of drug-likeness (QED) is 0.815. The average molecular weight is 384 g/mol. The van der Waals surface area contributed by atoms with Crippen molar-refractivity contribution in [3.63, 3.8) is 0 Å². The molecule has 1 aliphatic rings. The van der Waals surface area contributed by atoms with Crippen molar-refractivity contribution in [1.29, 1.82) is 0 Å². The average Bonchev–Trinajstić information content (AvgIpc) is 2.63. The number of carbonyl (C=O) groups excluding carboxylic acids is 1. The fourth-order valence-electron chi connectivity index (χ4n) is 2.78. The number of hydrogen-bond donors (Lipinski definition) is 1. The van der Waals surface area contributed by atoms with E-state index in [4.69, 9.17) is 11.6 Å². The van der Waals surface area contributed by atoms with Crippen molar-refractivity contribution in [2.75, 3.05) is 36.4 Å². The lowest BCUT2D eigenvalue weighted by Crippen LogP contribution is -2.50. The minimum Gasteiger partial charge on any atom is -0.368 e. The Balaban J connectivity index is 1.59. The number of amides is 2. The zero-order chi connectivity index (χ0) is 18.7. The molecule has 0 aromatic heterocycles. The fourth-order valence-corrected chi connectivity index (χ4v) is 2.91. The molecular weight excluding hydrogens is 367 g/mol. The van der Waals surface area contributed by atoms with Gasteiger partial charge in [0.15, 0.2) is 0 Å². The monoisotopic (exact) mass is 383 g/mol. The van der Waals surface area contributed by atoms with Crippen LogP contribution in [0.15, 0.2) is 48.5 Å². The van der Waals surface area contributed by atoms with E-state index in [0.717, 1.165) is 12.1 Å². The first-order chi connectivity index (χ1) is 12.3. The Morgan fingerprint density at radius 3 is 2.27 bits per heavy atom. The second kappa shape index (κ2) is 7.45. The van der Waals surface area contributed by atoms with Gasteiger partial charge in [-0.15, -0.1) is 0 Å². The minimum atomic E-state index is -4.36. The van der Waals surface area contributed by atoms with Gasteiger partial charge in [-0.2, -0.15) is 13.2 Å². The van der Waals surface area contributed by atoms with Gasteiger partial charge in [-0.1, -0.05) is 17.7 Å². The van der Waals surface area contributed by atoms with Crippen LogP contribution in [0, 0.1) is 0 Å². The third kappa shape index (κ3) is 4.40. The standard InChI is InChI=1S/C18H17ClF3N3O/c19-14-4-6-15(7-5-14)23-17(26)25-10-8-24(9-11-25)16-3-1-2-13(12-16)18(20,21)22/h1-7,12H,8-11H2,(H,23,26). The van der Waals surface area contributed by atoms with Crippen molar-refractivity contribution < 1.29 is 18.0 Å². The number of carbonyl (C=O) groups is 1. The summed E-state index contributed by atoms with van der Waals surface area (Å²) >= 11 is 5.81. The van der Waals surface area contributed by atoms with E-state index in [0.29, 0.717) is 42.6 Å². The Hall–Kier alpha value is -2.41. The van der Waals surface area contributed by atoms with Gasteiger partial charge in [-0.3, -0.25) is 0 Å². The largest absolute Gasteiger partial charge is 0.416 e. The van der Waals surface area contributed by atoms with Crippen LogP contribution >= 0.6 is 11.6 Å². The molecule has 0 bridgehead atoms. The van der Waals surface area contributed by atoms with Crippen molar-refractivity contribution in [3.05, 3.63) is 59.1 Å². The van der Waals surface area contributed by atoms with Gasteiger partial charge in [0, 0.05) is 42.6 Å². The summed E-state index contributed by atoms with van der Waals surface area (Å²) in [6.07, 6.45) is -4.36. The molecule has 1 aliphatic heterocycles. The van der Waals surface area contributed by atoms with E-state index < -0.39 is 11.7 Å². The van der Waals surface area contributed by atoms with E-state index in [-0.39, 0.29) is 6.03 Å². The molecule has 3 rings (SSSR count). The van der Waals surface area contributed by atoms with E-state index in [1.165, 1.54) is 6.07 Å². The van der Waals surface area contributed by atoms with Gasteiger partial charge in [0.25, 0.3) is 0 Å². The van der Waals surface area contributed by atoms with Gasteiger partial charge in [0.05, 0.1) is 5.56 Å². The normalized spacial score (nSPS) is 15.1. The number of nitrogens with zero attached hydrogens (tertiary/aromatic N) is 2. The molecule has 0 unspecified atom stereocenters. The molecule has 8 heteroatoms. The lowest BCUT2D eigenvalue weighted by Gasteiger charge is -2.36. The molecule has 1 saturated heterocycles. The number of urea groups is 1. The summed E-state index contributed by atoms with van der Waals surface area (Å²) in [7, 11) is 0. The smallest absolute Gasteiger partial charge is 0.368 e. The second-order valence-electron chi connectivity index (χ2n) is 5.96. The van der Waals surface area contributed by atoms with Gasteiger partial charge < -0.3 is 15.1 Å². The maximum atomic E-state index is 12.8. The highest BCUT2D eigenvalue weighted by Gasteiger charge is 2.31. The zero-order valence-electron chi connectivity index (χ0n) is 13.8. The number of hydrogen-bond acceptors (Lipinski definition) is 2. The molecule has 0 radical (unpaired) electrons. The molecule has 138 valence electrons. The van der Waals surface area contributed by atoms with Crippen LogP contribution in [-0.2, 0) is 6.18 Å². The molecular formula is C18H17ClF3N3O. The van der Waals surface area contributed by atoms with Crippen LogP contribution in [0.25, 0.3) is 0 Å². The van der Waals surface area contributed by atoms with Crippen LogP contribution in [0.2, 0.25) is 5.02 Å². The summed E-state index contributed by atoms with van der Waals surface area (Å²) < 4.78 is 38.5. The van der Waals surface area contributed by atoms with E-state index in [1.54, 1.807) is 35.2 Å². The maximum Gasteiger partial charge on any atom is 0.416 e. The first kappa shape index (κ1) is 18.4. The number of anilines is 2. The predicted molar refractivity (Wildman–Crippen MR) is 95.7 cm³/mol. The molecule has 0 atom stereocenters. The van der Waals surface area contributed by atoms with Crippen LogP contribution in [0.3, 0.4) is 0 Å². The highest BCUT2D eigenvalue weighted by Crippen LogP contribution is 2.31. The van der Waals surface area contributed by atoms with E-state index in [9.17, 15) is 18.0 Å². The van der Waals surface area contributed by atoms with Crippen molar-refractivity contribution in [2.24, 2.45) is 0 Å². The summed E-state index contributed by atoms with van der Waals surface area (Å²) in [5.74, 6) is 0. The molecule has 1 N–H and O–H groups in total. The summed E-state index contributed by atoms with van der Waals surface area (Å²) in [6, 6.07) is 11.8. The number of nitrogens with one attached hydrogen (secondary N) is 1. The molecule has 4 nitrogen and oxygen atoms in total. The van der Waals surface area contributed by atoms with Crippen LogP contribution < -0.4 is 10.2 Å². The molecule has 0 aliphatic carbocycles. The highest BCUT2D eigenvalue weighted by atomic mass is 35.5. The fraction of sp³-hybridized carbons (Fsp3) is 0.278. The van der Waals surface area contributed by atoms with Crippen LogP contribution in [0.4, 0.5) is 29.3 Å². The van der Waals surface area contributed by atoms with Crippen LogP contribution in [-0.4, -0.2) is 37.1 Å². The van der Waals surface area contributed by atoms with Crippen molar-refractivity contribution in [3.8, 4) is 0 Å². The number of halogens is 4. The zero-order valence-corrected chi connectivity index (χ0v) is 14.5. The molecule has 1 fully saturated rings. The topological polar surface area (TPSA) is 35.6 Å². The van der Waals surface area contributed by atoms with Crippen molar-refractivity contribution >= 4 is 29.0 Å². The van der Waals surface area contributed by atoms with Gasteiger partial charge in [0.1, 0.15) is 0 Å². The van der Waals surface area contributed by atoms with E-state index in [2.05, 4.69) is 5.32 Å². The Bertz CT molecular complexity index is 772. The number of piperazine rings is 1. The summed E-state index contributed by atoms with van der Waals surface area (Å²) in [4.78, 5) is 15.8. The van der Waals surface area contributed by atoms with Crippen molar-refractivity contribution in [1.82, 2.24) is 4.90 Å². The lowest BCUT2D eigenvalue weighted by atomic mass is 10.1. The lowest BCUT2D eigenvalue weighted by molar-refractivity contribution is -0.137. The van der Waals surface area contributed by atoms with Gasteiger partial charge >= 0.3 is 12.2 Å². The summed E-state index contributed by atoms with van der Waals surface area (Å²) in [5.41, 5.74) is 0.482. The molecule has 2 amide bonds. The van der Waals surface area contributed by atoms with Crippen LogP contribution in [0.1, 0.15) is 5.56 Å². The Kier molecular flexibility index (Phi) is 5.27. The number of benzene rings is 2. The number of rotatable bonds is 2. The Morgan fingerprint density at radius 1 is 1.00 bits per heavy atom. The van der Waals surface area contributed by atoms with Crippen LogP contribution in [0.5, 0.6) is 0 Å². The van der Waals surface area contributed by atoms with Gasteiger partial charge in [0.2, 0.25) is 0 Å². The molecule has 0 saturated carbocycles. The molecule has 26 heavy (non-hydrogen) atoms. The molecule has 2 aromatic carbocycles. The number of alkyl halides is 3. The Labute approximate surface area is 154 Å². The minimum absolute atomic E-state index is 0.240. The summed E-state index contributed by atoms with van der Waals surface area (Å²) in [5, 5.41) is 3.36. The third-order valence-electron chi connectivity index (χ3n) is 4.20.